The molecule has 0 bridgehead atoms. The van der Waals surface area contributed by atoms with Crippen molar-refractivity contribution in [1.29, 1.82) is 0 Å². The lowest BCUT2D eigenvalue weighted by Crippen LogP contribution is -2.44. The van der Waals surface area contributed by atoms with Gasteiger partial charge in [-0.3, -0.25) is 0 Å². The fraction of sp³-hybridized carbons (Fsp3) is 0.300. The molecule has 160 valence electrons. The van der Waals surface area contributed by atoms with Gasteiger partial charge < -0.3 is 15.1 Å². The van der Waals surface area contributed by atoms with Crippen LogP contribution >= 0.6 is 27.5 Å². The number of anilines is 2. The Morgan fingerprint density at radius 3 is 2.74 bits per heavy atom. The molecule has 4 aromatic rings. The highest BCUT2D eigenvalue weighted by atomic mass is 79.9. The summed E-state index contributed by atoms with van der Waals surface area (Å²) in [6.45, 7) is 4.61. The third-order valence-corrected chi connectivity index (χ3v) is 6.08. The van der Waals surface area contributed by atoms with Gasteiger partial charge in [-0.1, -0.05) is 18.2 Å². The molecule has 1 saturated heterocycles. The van der Waals surface area contributed by atoms with Crippen LogP contribution in [0.4, 0.5) is 11.6 Å². The summed E-state index contributed by atoms with van der Waals surface area (Å²) in [6, 6.07) is 10.2. The zero-order valence-electron chi connectivity index (χ0n) is 16.9. The van der Waals surface area contributed by atoms with E-state index in [-0.39, 0.29) is 5.28 Å². The van der Waals surface area contributed by atoms with Crippen molar-refractivity contribution in [3.05, 3.63) is 58.2 Å². The van der Waals surface area contributed by atoms with E-state index >= 15 is 0 Å². The van der Waals surface area contributed by atoms with Crippen molar-refractivity contribution >= 4 is 44.8 Å². The number of fused-ring (bicyclic) bond motifs is 1. The average molecular weight is 503 g/mol. The van der Waals surface area contributed by atoms with E-state index in [0.29, 0.717) is 22.6 Å². The molecule has 1 aromatic carbocycles. The summed E-state index contributed by atoms with van der Waals surface area (Å²) in [5.74, 6) is 1.57. The summed E-state index contributed by atoms with van der Waals surface area (Å²) in [4.78, 5) is 13.3. The highest BCUT2D eigenvalue weighted by Crippen LogP contribution is 2.22. The molecule has 0 radical (unpaired) electrons. The number of hydrogen-bond acceptors (Lipinski definition) is 7. The van der Waals surface area contributed by atoms with Gasteiger partial charge in [0, 0.05) is 45.0 Å². The largest absolute Gasteiger partial charge is 0.363 e. The predicted octanol–water partition coefficient (Wildman–Crippen LogP) is 3.09. The first kappa shape index (κ1) is 20.2. The number of rotatable bonds is 5. The zero-order valence-corrected chi connectivity index (χ0v) is 19.3. The molecule has 0 spiro atoms. The van der Waals surface area contributed by atoms with Gasteiger partial charge in [0.15, 0.2) is 17.3 Å². The van der Waals surface area contributed by atoms with Crippen molar-refractivity contribution < 1.29 is 0 Å². The highest BCUT2D eigenvalue weighted by Gasteiger charge is 2.17. The van der Waals surface area contributed by atoms with Crippen LogP contribution in [-0.4, -0.2) is 67.5 Å². The molecule has 31 heavy (non-hydrogen) atoms. The molecule has 1 aliphatic rings. The van der Waals surface area contributed by atoms with E-state index in [9.17, 15) is 0 Å². The minimum Gasteiger partial charge on any atom is -0.363 e. The van der Waals surface area contributed by atoms with Crippen LogP contribution in [0.25, 0.3) is 11.3 Å². The molecule has 0 unspecified atom stereocenters. The molecule has 4 heterocycles. The number of nitrogens with zero attached hydrogens (tertiary/aromatic N) is 8. The standard InChI is InChI=1S/C20H21BrClN9/c1-28-8-10-29(11-9-28)17-6-7-30(26-17)15-5-3-2-4-14(15)12-23-18-19-24-13-16(21)31(19)27-20(22)25-18/h2-7,13H,8-12H2,1H3,(H,23,25,27). The van der Waals surface area contributed by atoms with Gasteiger partial charge in [0.25, 0.3) is 0 Å². The van der Waals surface area contributed by atoms with E-state index in [1.807, 2.05) is 23.0 Å². The number of aromatic nitrogens is 6. The van der Waals surface area contributed by atoms with Crippen molar-refractivity contribution in [1.82, 2.24) is 34.3 Å². The number of hydrogen-bond donors (Lipinski definition) is 1. The number of benzene rings is 1. The van der Waals surface area contributed by atoms with Gasteiger partial charge >= 0.3 is 0 Å². The van der Waals surface area contributed by atoms with E-state index in [4.69, 9.17) is 16.7 Å². The topological polar surface area (TPSA) is 79.4 Å². The van der Waals surface area contributed by atoms with Crippen molar-refractivity contribution in [3.63, 3.8) is 0 Å². The second kappa shape index (κ2) is 8.45. The Balaban J connectivity index is 1.38. The van der Waals surface area contributed by atoms with Crippen LogP contribution in [0.5, 0.6) is 0 Å². The van der Waals surface area contributed by atoms with Gasteiger partial charge in [-0.25, -0.2) is 14.2 Å². The van der Waals surface area contributed by atoms with Gasteiger partial charge in [-0.2, -0.15) is 10.1 Å². The third kappa shape index (κ3) is 4.10. The van der Waals surface area contributed by atoms with Crippen LogP contribution in [0.3, 0.4) is 0 Å². The molecule has 11 heteroatoms. The van der Waals surface area contributed by atoms with Crippen molar-refractivity contribution in [2.24, 2.45) is 0 Å². The van der Waals surface area contributed by atoms with Crippen molar-refractivity contribution in [2.45, 2.75) is 6.54 Å². The summed E-state index contributed by atoms with van der Waals surface area (Å²) in [7, 11) is 2.15. The van der Waals surface area contributed by atoms with Crippen LogP contribution < -0.4 is 10.2 Å². The van der Waals surface area contributed by atoms with Gasteiger partial charge in [0.1, 0.15) is 4.60 Å². The van der Waals surface area contributed by atoms with Crippen molar-refractivity contribution in [3.8, 4) is 5.69 Å². The second-order valence-electron chi connectivity index (χ2n) is 7.44. The molecule has 0 saturated carbocycles. The molecule has 9 nitrogen and oxygen atoms in total. The Kier molecular flexibility index (Phi) is 5.51. The number of para-hydroxylation sites is 1. The molecule has 1 aliphatic heterocycles. The van der Waals surface area contributed by atoms with E-state index in [2.05, 4.69) is 71.4 Å². The number of nitrogens with one attached hydrogen (secondary N) is 1. The Morgan fingerprint density at radius 2 is 1.90 bits per heavy atom. The molecule has 0 atom stereocenters. The first-order valence-electron chi connectivity index (χ1n) is 9.96. The van der Waals surface area contributed by atoms with Crippen LogP contribution in [0.15, 0.2) is 47.3 Å². The minimum absolute atomic E-state index is 0.144. The molecule has 1 N–H and O–H groups in total. The maximum atomic E-state index is 6.09. The number of likely N-dealkylation sites (N-methyl/N-ethyl adjacent to an activating group) is 1. The highest BCUT2D eigenvalue weighted by molar-refractivity contribution is 9.10. The van der Waals surface area contributed by atoms with Crippen LogP contribution in [-0.2, 0) is 6.54 Å². The predicted molar refractivity (Wildman–Crippen MR) is 124 cm³/mol. The zero-order chi connectivity index (χ0) is 21.4. The first-order valence-corrected chi connectivity index (χ1v) is 11.1. The lowest BCUT2D eigenvalue weighted by Gasteiger charge is -2.32. The maximum absolute atomic E-state index is 6.09. The molecule has 1 fully saturated rings. The van der Waals surface area contributed by atoms with Gasteiger partial charge in [-0.15, -0.1) is 5.10 Å². The normalized spacial score (nSPS) is 15.0. The fourth-order valence-corrected chi connectivity index (χ4v) is 4.17. The maximum Gasteiger partial charge on any atom is 0.243 e. The summed E-state index contributed by atoms with van der Waals surface area (Å²) in [5, 5.41) is 12.5. The van der Waals surface area contributed by atoms with Gasteiger partial charge in [0.05, 0.1) is 11.9 Å². The molecule has 3 aromatic heterocycles. The van der Waals surface area contributed by atoms with E-state index in [0.717, 1.165) is 43.2 Å². The lowest BCUT2D eigenvalue weighted by atomic mass is 10.2. The number of halogens is 2. The van der Waals surface area contributed by atoms with Crippen LogP contribution in [0.1, 0.15) is 5.56 Å². The van der Waals surface area contributed by atoms with E-state index in [1.54, 1.807) is 10.7 Å². The molecule has 0 aliphatic carbocycles. The third-order valence-electron chi connectivity index (χ3n) is 5.38. The summed E-state index contributed by atoms with van der Waals surface area (Å²) in [6.07, 6.45) is 3.68. The monoisotopic (exact) mass is 501 g/mol. The summed E-state index contributed by atoms with van der Waals surface area (Å²) in [5.41, 5.74) is 2.69. The number of piperazine rings is 1. The van der Waals surface area contributed by atoms with Gasteiger partial charge in [-0.05, 0) is 46.2 Å². The van der Waals surface area contributed by atoms with Crippen molar-refractivity contribution in [2.75, 3.05) is 43.4 Å². The summed E-state index contributed by atoms with van der Waals surface area (Å²) >= 11 is 9.51. The molecular formula is C20H21BrClN9. The van der Waals surface area contributed by atoms with Crippen LogP contribution in [0, 0.1) is 0 Å². The smallest absolute Gasteiger partial charge is 0.243 e. The fourth-order valence-electron chi connectivity index (χ4n) is 3.66. The Morgan fingerprint density at radius 1 is 1.10 bits per heavy atom. The van der Waals surface area contributed by atoms with Crippen LogP contribution in [0.2, 0.25) is 5.28 Å². The SMILES string of the molecule is CN1CCN(c2ccn(-c3ccccc3CNc3nc(Cl)nn4c(Br)cnc34)n2)CC1. The number of imidazole rings is 1. The van der Waals surface area contributed by atoms with E-state index in [1.165, 1.54) is 0 Å². The Bertz CT molecular complexity index is 1210. The van der Waals surface area contributed by atoms with E-state index < -0.39 is 0 Å². The second-order valence-corrected chi connectivity index (χ2v) is 8.59. The Labute approximate surface area is 192 Å². The quantitative estimate of drug-likeness (QED) is 0.449. The Hall–Kier alpha value is -2.69. The minimum atomic E-state index is 0.144. The molecule has 5 rings (SSSR count). The first-order chi connectivity index (χ1) is 15.1. The lowest BCUT2D eigenvalue weighted by molar-refractivity contribution is 0.312. The molecular weight excluding hydrogens is 482 g/mol. The average Bonchev–Trinajstić information content (AvgIpc) is 3.40. The van der Waals surface area contributed by atoms with Gasteiger partial charge in [0.2, 0.25) is 5.28 Å². The molecule has 0 amide bonds. The summed E-state index contributed by atoms with van der Waals surface area (Å²) < 4.78 is 4.25.